The predicted molar refractivity (Wildman–Crippen MR) is 84.8 cm³/mol. The first-order valence-corrected chi connectivity index (χ1v) is 7.03. The summed E-state index contributed by atoms with van der Waals surface area (Å²) in [6, 6.07) is 9.37. The Morgan fingerprint density at radius 1 is 1.32 bits per heavy atom. The minimum atomic E-state index is -0.952. The van der Waals surface area contributed by atoms with Gasteiger partial charge in [0.25, 0.3) is 0 Å². The van der Waals surface area contributed by atoms with Gasteiger partial charge in [-0.2, -0.15) is 0 Å². The van der Waals surface area contributed by atoms with Crippen LogP contribution in [0.3, 0.4) is 0 Å². The average Bonchev–Trinajstić information content (AvgIpc) is 2.66. The number of benzene rings is 1. The second kappa shape index (κ2) is 6.59. The minimum Gasteiger partial charge on any atom is -0.477 e. The van der Waals surface area contributed by atoms with Gasteiger partial charge >= 0.3 is 5.97 Å². The van der Waals surface area contributed by atoms with Crippen molar-refractivity contribution in [2.24, 2.45) is 0 Å². The number of halogens is 3. The molecule has 0 fully saturated rings. The van der Waals surface area contributed by atoms with Gasteiger partial charge in [-0.15, -0.1) is 12.4 Å². The molecule has 0 unspecified atom stereocenters. The van der Waals surface area contributed by atoms with Gasteiger partial charge in [0.1, 0.15) is 10.3 Å². The first kappa shape index (κ1) is 16.3. The third-order valence-electron chi connectivity index (χ3n) is 2.73. The normalized spacial score (nSPS) is 10.1. The highest BCUT2D eigenvalue weighted by Gasteiger charge is 2.19. The van der Waals surface area contributed by atoms with E-state index in [1.54, 1.807) is 10.6 Å². The predicted octanol–water partition coefficient (Wildman–Crippen LogP) is 4.68. The zero-order chi connectivity index (χ0) is 13.3. The molecule has 6 heteroatoms. The van der Waals surface area contributed by atoms with E-state index in [1.165, 1.54) is 0 Å². The maximum Gasteiger partial charge on any atom is 0.352 e. The molecule has 0 saturated carbocycles. The lowest BCUT2D eigenvalue weighted by Gasteiger charge is -2.12. The Bertz CT molecular complexity index is 611. The van der Waals surface area contributed by atoms with Crippen LogP contribution in [0.1, 0.15) is 23.0 Å². The topological polar surface area (TPSA) is 42.2 Å². The molecule has 3 nitrogen and oxygen atoms in total. The number of carboxylic acid groups (broad SMARTS) is 1. The second-order valence-corrected chi connectivity index (χ2v) is 5.40. The van der Waals surface area contributed by atoms with Crippen LogP contribution >= 0.6 is 44.3 Å². The van der Waals surface area contributed by atoms with E-state index in [0.29, 0.717) is 4.60 Å². The van der Waals surface area contributed by atoms with E-state index in [9.17, 15) is 9.90 Å². The van der Waals surface area contributed by atoms with Gasteiger partial charge in [0.2, 0.25) is 0 Å². The van der Waals surface area contributed by atoms with E-state index in [-0.39, 0.29) is 18.1 Å². The van der Waals surface area contributed by atoms with Gasteiger partial charge in [-0.1, -0.05) is 25.1 Å². The van der Waals surface area contributed by atoms with E-state index in [0.717, 1.165) is 22.1 Å². The molecule has 0 aliphatic rings. The Morgan fingerprint density at radius 3 is 2.53 bits per heavy atom. The van der Waals surface area contributed by atoms with Crippen LogP contribution < -0.4 is 0 Å². The molecule has 2 aromatic rings. The molecule has 1 aromatic carbocycles. The maximum absolute atomic E-state index is 11.3. The Morgan fingerprint density at radius 2 is 1.95 bits per heavy atom. The lowest BCUT2D eigenvalue weighted by atomic mass is 10.1. The summed E-state index contributed by atoms with van der Waals surface area (Å²) in [7, 11) is 0. The van der Waals surface area contributed by atoms with Gasteiger partial charge in [-0.3, -0.25) is 4.57 Å². The number of nitrogens with zero attached hydrogens (tertiary/aromatic N) is 1. The summed E-state index contributed by atoms with van der Waals surface area (Å²) in [6.07, 6.45) is 0.845. The monoisotopic (exact) mass is 407 g/mol. The Kier molecular flexibility index (Phi) is 5.64. The molecule has 0 aliphatic carbocycles. The Balaban J connectivity index is 0.00000180. The van der Waals surface area contributed by atoms with Crippen LogP contribution in [-0.4, -0.2) is 15.6 Å². The third-order valence-corrected chi connectivity index (χ3v) is 4.65. The van der Waals surface area contributed by atoms with Crippen LogP contribution in [0.2, 0.25) is 0 Å². The quantitative estimate of drug-likeness (QED) is 0.800. The molecule has 0 atom stereocenters. The van der Waals surface area contributed by atoms with Crippen molar-refractivity contribution in [1.29, 1.82) is 0 Å². The molecule has 1 N–H and O–H groups in total. The molecule has 0 radical (unpaired) electrons. The molecule has 0 aliphatic heterocycles. The lowest BCUT2D eigenvalue weighted by molar-refractivity contribution is 0.0688. The summed E-state index contributed by atoms with van der Waals surface area (Å²) >= 11 is 6.77. The van der Waals surface area contributed by atoms with Crippen molar-refractivity contribution < 1.29 is 9.90 Å². The van der Waals surface area contributed by atoms with E-state index in [2.05, 4.69) is 31.9 Å². The van der Waals surface area contributed by atoms with Crippen molar-refractivity contribution in [3.8, 4) is 5.69 Å². The smallest absolute Gasteiger partial charge is 0.352 e. The van der Waals surface area contributed by atoms with Gasteiger partial charge in [0.05, 0.1) is 10.2 Å². The molecular weight excluding hydrogens is 397 g/mol. The first-order valence-electron chi connectivity index (χ1n) is 5.44. The van der Waals surface area contributed by atoms with Gasteiger partial charge in [0.15, 0.2) is 0 Å². The van der Waals surface area contributed by atoms with Crippen molar-refractivity contribution in [1.82, 2.24) is 4.57 Å². The second-order valence-electron chi connectivity index (χ2n) is 3.79. The Labute approximate surface area is 134 Å². The van der Waals surface area contributed by atoms with Crippen molar-refractivity contribution in [2.75, 3.05) is 0 Å². The minimum absolute atomic E-state index is 0. The summed E-state index contributed by atoms with van der Waals surface area (Å²) in [4.78, 5) is 11.3. The highest BCUT2D eigenvalue weighted by atomic mass is 79.9. The largest absolute Gasteiger partial charge is 0.477 e. The number of aromatic carboxylic acids is 1. The number of carbonyl (C=O) groups is 1. The number of aromatic nitrogens is 1. The average molecular weight is 410 g/mol. The molecule has 19 heavy (non-hydrogen) atoms. The number of hydrogen-bond donors (Lipinski definition) is 1. The van der Waals surface area contributed by atoms with Crippen LogP contribution in [0.5, 0.6) is 0 Å². The molecule has 1 aromatic heterocycles. The summed E-state index contributed by atoms with van der Waals surface area (Å²) in [5.41, 5.74) is 2.22. The molecule has 2 rings (SSSR count). The zero-order valence-corrected chi connectivity index (χ0v) is 14.0. The number of rotatable bonds is 3. The fourth-order valence-electron chi connectivity index (χ4n) is 1.88. The summed E-state index contributed by atoms with van der Waals surface area (Å²) in [5, 5.41) is 9.27. The van der Waals surface area contributed by atoms with Crippen LogP contribution in [0, 0.1) is 0 Å². The lowest BCUT2D eigenvalue weighted by Crippen LogP contribution is -2.08. The van der Waals surface area contributed by atoms with Gasteiger partial charge in [0, 0.05) is 0 Å². The number of para-hydroxylation sites is 1. The van der Waals surface area contributed by atoms with E-state index < -0.39 is 5.97 Å². The first-order chi connectivity index (χ1) is 8.56. The third kappa shape index (κ3) is 3.04. The SMILES string of the molecule is CCc1ccccc1-n1c(C(=O)O)cc(Br)c1Br.Cl. The van der Waals surface area contributed by atoms with E-state index in [4.69, 9.17) is 0 Å². The van der Waals surface area contributed by atoms with Crippen molar-refractivity contribution >= 4 is 50.2 Å². The van der Waals surface area contributed by atoms with Crippen molar-refractivity contribution in [2.45, 2.75) is 13.3 Å². The van der Waals surface area contributed by atoms with Gasteiger partial charge in [-0.05, 0) is 56.0 Å². The fourth-order valence-corrected chi connectivity index (χ4v) is 2.77. The van der Waals surface area contributed by atoms with Crippen LogP contribution in [0.4, 0.5) is 0 Å². The maximum atomic E-state index is 11.3. The van der Waals surface area contributed by atoms with Crippen molar-refractivity contribution in [3.63, 3.8) is 0 Å². The molecule has 0 saturated heterocycles. The van der Waals surface area contributed by atoms with Crippen LogP contribution in [0.15, 0.2) is 39.4 Å². The molecular formula is C13H12Br2ClNO2. The number of hydrogen-bond acceptors (Lipinski definition) is 1. The summed E-state index contributed by atoms with van der Waals surface area (Å²) in [5.74, 6) is -0.952. The number of aryl methyl sites for hydroxylation is 1. The molecule has 0 spiro atoms. The highest BCUT2D eigenvalue weighted by Crippen LogP contribution is 2.32. The van der Waals surface area contributed by atoms with E-state index in [1.807, 2.05) is 31.2 Å². The molecule has 0 amide bonds. The van der Waals surface area contributed by atoms with Crippen molar-refractivity contribution in [3.05, 3.63) is 50.7 Å². The standard InChI is InChI=1S/C13H11Br2NO2.ClH/c1-2-8-5-3-4-6-10(8)16-11(13(17)18)7-9(14)12(16)15;/h3-7H,2H2,1H3,(H,17,18);1H. The molecule has 102 valence electrons. The van der Waals surface area contributed by atoms with Gasteiger partial charge in [-0.25, -0.2) is 4.79 Å². The van der Waals surface area contributed by atoms with Gasteiger partial charge < -0.3 is 5.11 Å². The van der Waals surface area contributed by atoms with E-state index >= 15 is 0 Å². The van der Waals surface area contributed by atoms with Crippen LogP contribution in [0.25, 0.3) is 5.69 Å². The molecule has 1 heterocycles. The fraction of sp³-hybridized carbons (Fsp3) is 0.154. The zero-order valence-electron chi connectivity index (χ0n) is 10.1. The highest BCUT2D eigenvalue weighted by molar-refractivity contribution is 9.13. The summed E-state index contributed by atoms with van der Waals surface area (Å²) in [6.45, 7) is 2.05. The van der Waals surface area contributed by atoms with Crippen LogP contribution in [-0.2, 0) is 6.42 Å². The molecule has 0 bridgehead atoms. The summed E-state index contributed by atoms with van der Waals surface area (Å²) < 4.78 is 3.14. The Hall–Kier alpha value is -0.780. The number of carboxylic acids is 1.